The smallest absolute Gasteiger partial charge is 0.397 e. The van der Waals surface area contributed by atoms with Gasteiger partial charge in [0.15, 0.2) is 5.82 Å². The molecule has 188 valence electrons. The number of nitrogen functional groups attached to an aromatic ring is 1. The van der Waals surface area contributed by atoms with Gasteiger partial charge >= 0.3 is 6.18 Å². The molecule has 0 bridgehead atoms. The zero-order valence-electron chi connectivity index (χ0n) is 18.5. The van der Waals surface area contributed by atoms with Crippen molar-refractivity contribution in [3.05, 3.63) is 76.0 Å². The third kappa shape index (κ3) is 4.78. The number of nitrogens with two attached hydrogens (primary N) is 1. The highest BCUT2D eigenvalue weighted by molar-refractivity contribution is 6.34. The van der Waals surface area contributed by atoms with E-state index < -0.39 is 46.4 Å². The van der Waals surface area contributed by atoms with Crippen LogP contribution in [0.15, 0.2) is 36.8 Å². The monoisotopic (exact) mass is 533 g/mol. The molecule has 4 aromatic rings. The first-order valence-corrected chi connectivity index (χ1v) is 10.5. The van der Waals surface area contributed by atoms with Crippen molar-refractivity contribution >= 4 is 28.9 Å². The summed E-state index contributed by atoms with van der Waals surface area (Å²) in [6, 6.07) is 2.34. The first kappa shape index (κ1) is 25.5. The van der Waals surface area contributed by atoms with Crippen LogP contribution in [0, 0.1) is 31.0 Å². The highest BCUT2D eigenvalue weighted by atomic mass is 35.5. The van der Waals surface area contributed by atoms with Gasteiger partial charge in [0, 0.05) is 11.1 Å². The topological polar surface area (TPSA) is 112 Å². The van der Waals surface area contributed by atoms with Gasteiger partial charge in [0.1, 0.15) is 11.4 Å². The third-order valence-electron chi connectivity index (χ3n) is 5.13. The van der Waals surface area contributed by atoms with Crippen molar-refractivity contribution in [3.63, 3.8) is 0 Å². The van der Waals surface area contributed by atoms with E-state index in [1.165, 1.54) is 19.3 Å². The molecule has 0 aliphatic rings. The van der Waals surface area contributed by atoms with E-state index in [4.69, 9.17) is 23.8 Å². The Morgan fingerprint density at radius 2 is 1.86 bits per heavy atom. The summed E-state index contributed by atoms with van der Waals surface area (Å²) < 4.78 is 70.2. The fourth-order valence-corrected chi connectivity index (χ4v) is 3.67. The van der Waals surface area contributed by atoms with Gasteiger partial charge in [-0.3, -0.25) is 4.79 Å². The van der Waals surface area contributed by atoms with Gasteiger partial charge in [-0.1, -0.05) is 17.5 Å². The molecule has 1 aromatic carbocycles. The van der Waals surface area contributed by atoms with Crippen LogP contribution in [0.4, 0.5) is 33.3 Å². The van der Waals surface area contributed by atoms with Crippen LogP contribution in [0.25, 0.3) is 16.9 Å². The molecule has 0 aliphatic carbocycles. The van der Waals surface area contributed by atoms with Gasteiger partial charge in [-0.25, -0.2) is 14.4 Å². The molecule has 0 saturated heterocycles. The molecular formula is C23H13ClF5N7O. The Kier molecular flexibility index (Phi) is 6.53. The van der Waals surface area contributed by atoms with E-state index in [2.05, 4.69) is 31.4 Å². The van der Waals surface area contributed by atoms with E-state index in [1.54, 1.807) is 0 Å². The summed E-state index contributed by atoms with van der Waals surface area (Å²) in [5, 5.41) is 9.14. The maximum Gasteiger partial charge on any atom is 0.420 e. The average Bonchev–Trinajstić information content (AvgIpc) is 3.37. The van der Waals surface area contributed by atoms with Crippen LogP contribution in [0.1, 0.15) is 27.2 Å². The summed E-state index contributed by atoms with van der Waals surface area (Å²) >= 11 is 6.19. The Morgan fingerprint density at radius 1 is 1.19 bits per heavy atom. The number of aryl methyl sites for hydroxylation is 1. The largest absolute Gasteiger partial charge is 0.420 e. The van der Waals surface area contributed by atoms with E-state index in [1.807, 2.05) is 0 Å². The van der Waals surface area contributed by atoms with Gasteiger partial charge in [-0.2, -0.15) is 27.8 Å². The summed E-state index contributed by atoms with van der Waals surface area (Å²) in [6.07, 6.45) is 3.75. The minimum atomic E-state index is -4.87. The highest BCUT2D eigenvalue weighted by Gasteiger charge is 2.36. The molecule has 4 rings (SSSR count). The molecule has 0 radical (unpaired) electrons. The van der Waals surface area contributed by atoms with Crippen LogP contribution in [-0.2, 0) is 6.18 Å². The van der Waals surface area contributed by atoms with Crippen molar-refractivity contribution in [2.75, 3.05) is 11.1 Å². The number of pyridine rings is 2. The predicted molar refractivity (Wildman–Crippen MR) is 124 cm³/mol. The first-order chi connectivity index (χ1) is 17.4. The van der Waals surface area contributed by atoms with Crippen molar-refractivity contribution in [2.45, 2.75) is 13.1 Å². The maximum atomic E-state index is 15.1. The van der Waals surface area contributed by atoms with Gasteiger partial charge < -0.3 is 11.1 Å². The highest BCUT2D eigenvalue weighted by Crippen LogP contribution is 2.37. The number of benzene rings is 1. The Bertz CT molecular complexity index is 1580. The quantitative estimate of drug-likeness (QED) is 0.221. The molecule has 3 heterocycles. The van der Waals surface area contributed by atoms with Crippen molar-refractivity contribution in [1.82, 2.24) is 25.0 Å². The fourth-order valence-electron chi connectivity index (χ4n) is 3.42. The van der Waals surface area contributed by atoms with Crippen LogP contribution in [-0.4, -0.2) is 30.9 Å². The third-order valence-corrected chi connectivity index (χ3v) is 5.45. The molecule has 0 unspecified atom stereocenters. The number of carbonyl (C=O) groups is 1. The van der Waals surface area contributed by atoms with Crippen LogP contribution in [0.5, 0.6) is 0 Å². The number of halogens is 6. The molecule has 3 aromatic heterocycles. The average molecular weight is 534 g/mol. The number of anilines is 2. The van der Waals surface area contributed by atoms with Crippen molar-refractivity contribution < 1.29 is 26.7 Å². The van der Waals surface area contributed by atoms with Crippen LogP contribution in [0.3, 0.4) is 0 Å². The number of terminal acetylenes is 1. The van der Waals surface area contributed by atoms with E-state index in [0.717, 1.165) is 18.3 Å². The molecule has 0 spiro atoms. The lowest BCUT2D eigenvalue weighted by Gasteiger charge is -2.15. The number of nitrogens with one attached hydrogen (secondary N) is 1. The Labute approximate surface area is 210 Å². The van der Waals surface area contributed by atoms with Crippen LogP contribution >= 0.6 is 11.6 Å². The first-order valence-electron chi connectivity index (χ1n) is 10.1. The van der Waals surface area contributed by atoms with Gasteiger partial charge in [0.25, 0.3) is 5.91 Å². The fraction of sp³-hybridized carbons (Fsp3) is 0.0870. The zero-order chi connectivity index (χ0) is 27.1. The summed E-state index contributed by atoms with van der Waals surface area (Å²) in [5.74, 6) is -1.70. The number of carbonyl (C=O) groups excluding carboxylic acids is 1. The lowest BCUT2D eigenvalue weighted by Crippen LogP contribution is -2.17. The molecule has 1 amide bonds. The van der Waals surface area contributed by atoms with E-state index in [9.17, 15) is 22.4 Å². The number of aromatic nitrogens is 5. The molecule has 0 saturated carbocycles. The minimum absolute atomic E-state index is 0.0468. The molecule has 8 nitrogen and oxygen atoms in total. The van der Waals surface area contributed by atoms with Crippen molar-refractivity contribution in [1.29, 1.82) is 0 Å². The minimum Gasteiger partial charge on any atom is -0.397 e. The summed E-state index contributed by atoms with van der Waals surface area (Å²) in [7, 11) is 0. The molecular weight excluding hydrogens is 521 g/mol. The Morgan fingerprint density at radius 3 is 2.49 bits per heavy atom. The van der Waals surface area contributed by atoms with Gasteiger partial charge in [0.05, 0.1) is 51.8 Å². The maximum absolute atomic E-state index is 15.1. The molecule has 14 heteroatoms. The zero-order valence-corrected chi connectivity index (χ0v) is 19.3. The molecule has 0 atom stereocenters. The summed E-state index contributed by atoms with van der Waals surface area (Å²) in [4.78, 5) is 20.7. The number of rotatable bonds is 4. The number of nitrogens with zero attached hydrogens (tertiary/aromatic N) is 5. The standard InChI is InChI=1S/C23H13ClF5N7O/c1-3-12-18(19(30)10(2)34-20(12)26)14-7-16(24)13(8-17(14)25)22(37)35-11-6-15(23(27,28)29)21(31-9-11)36-32-4-5-33-36/h1,4-9H,30H2,2H3,(H,35,37). The van der Waals surface area contributed by atoms with E-state index in [-0.39, 0.29) is 33.2 Å². The molecule has 3 N–H and O–H groups in total. The van der Waals surface area contributed by atoms with Crippen molar-refractivity contribution in [2.24, 2.45) is 0 Å². The number of amides is 1. The lowest BCUT2D eigenvalue weighted by atomic mass is 9.96. The Balaban J connectivity index is 1.72. The van der Waals surface area contributed by atoms with Gasteiger partial charge in [-0.15, -0.1) is 11.2 Å². The second-order valence-electron chi connectivity index (χ2n) is 7.47. The number of hydrogen-bond donors (Lipinski definition) is 2. The second-order valence-corrected chi connectivity index (χ2v) is 7.88. The van der Waals surface area contributed by atoms with Gasteiger partial charge in [-0.05, 0) is 25.1 Å². The summed E-state index contributed by atoms with van der Waals surface area (Å²) in [6.45, 7) is 1.39. The SMILES string of the molecule is C#Cc1c(F)nc(C)c(N)c1-c1cc(Cl)c(C(=O)Nc2cnc(-n3nccn3)c(C(F)(F)F)c2)cc1F. The van der Waals surface area contributed by atoms with Crippen LogP contribution in [0.2, 0.25) is 5.02 Å². The number of alkyl halides is 3. The molecule has 0 fully saturated rings. The summed E-state index contributed by atoms with van der Waals surface area (Å²) in [5.41, 5.74) is 2.99. The second kappa shape index (κ2) is 9.47. The van der Waals surface area contributed by atoms with E-state index >= 15 is 4.39 Å². The Hall–Kier alpha value is -4.57. The molecule has 37 heavy (non-hydrogen) atoms. The van der Waals surface area contributed by atoms with Crippen LogP contribution < -0.4 is 11.1 Å². The van der Waals surface area contributed by atoms with Gasteiger partial charge in [0.2, 0.25) is 5.95 Å². The van der Waals surface area contributed by atoms with E-state index in [0.29, 0.717) is 10.9 Å². The lowest BCUT2D eigenvalue weighted by molar-refractivity contribution is -0.137. The predicted octanol–water partition coefficient (Wildman–Crippen LogP) is 4.80. The molecule has 0 aliphatic heterocycles. The van der Waals surface area contributed by atoms with Crippen molar-refractivity contribution in [3.8, 4) is 29.3 Å². The number of hydrogen-bond acceptors (Lipinski definition) is 6. The normalized spacial score (nSPS) is 11.3.